The molecule has 0 saturated carbocycles. The molecular weight excluding hydrogens is 244 g/mol. The molecule has 1 aliphatic heterocycles. The average molecular weight is 274 g/mol. The molecule has 4 nitrogen and oxygen atoms in total. The maximum Gasteiger partial charge on any atom is 0.201 e. The van der Waals surface area contributed by atoms with Gasteiger partial charge in [-0.3, -0.25) is 0 Å². The van der Waals surface area contributed by atoms with Crippen LogP contribution in [0.3, 0.4) is 0 Å². The highest BCUT2D eigenvalue weighted by Crippen LogP contribution is 2.33. The lowest BCUT2D eigenvalue weighted by molar-refractivity contribution is -0.448. The molecule has 0 radical (unpaired) electrons. The summed E-state index contributed by atoms with van der Waals surface area (Å²) in [6.45, 7) is 7.02. The third kappa shape index (κ3) is 6.21. The monoisotopic (exact) mass is 274 g/mol. The predicted molar refractivity (Wildman–Crippen MR) is 74.6 cm³/mol. The molecule has 1 N–H and O–H groups in total. The van der Waals surface area contributed by atoms with Crippen LogP contribution in [-0.4, -0.2) is 29.7 Å². The standard InChI is InChI=1S/C15H30O4/c1-4-5-6-7-9-15(10-8-12-16)17-13-11-14(2,3)18-19-15/h16H,4-13H2,1-3H3. The maximum absolute atomic E-state index is 9.04. The van der Waals surface area contributed by atoms with Crippen LogP contribution in [0.1, 0.15) is 72.1 Å². The van der Waals surface area contributed by atoms with Crippen LogP contribution < -0.4 is 0 Å². The zero-order chi connectivity index (χ0) is 14.2. The van der Waals surface area contributed by atoms with Gasteiger partial charge in [0, 0.05) is 25.9 Å². The molecular formula is C15H30O4. The van der Waals surface area contributed by atoms with Crippen molar-refractivity contribution in [3.05, 3.63) is 0 Å². The van der Waals surface area contributed by atoms with Crippen molar-refractivity contribution in [2.45, 2.75) is 83.5 Å². The molecule has 1 fully saturated rings. The van der Waals surface area contributed by atoms with E-state index < -0.39 is 5.79 Å². The van der Waals surface area contributed by atoms with E-state index in [-0.39, 0.29) is 12.2 Å². The van der Waals surface area contributed by atoms with Gasteiger partial charge >= 0.3 is 0 Å². The van der Waals surface area contributed by atoms with E-state index in [0.717, 1.165) is 19.3 Å². The molecule has 1 unspecified atom stereocenters. The van der Waals surface area contributed by atoms with Crippen LogP contribution in [0.2, 0.25) is 0 Å². The van der Waals surface area contributed by atoms with E-state index in [1.54, 1.807) is 0 Å². The Hall–Kier alpha value is -0.160. The van der Waals surface area contributed by atoms with E-state index in [0.29, 0.717) is 19.4 Å². The van der Waals surface area contributed by atoms with Crippen molar-refractivity contribution in [3.63, 3.8) is 0 Å². The Balaban J connectivity index is 2.53. The van der Waals surface area contributed by atoms with Crippen LogP contribution >= 0.6 is 0 Å². The first kappa shape index (κ1) is 16.9. The highest BCUT2D eigenvalue weighted by Gasteiger charge is 2.38. The molecule has 1 heterocycles. The Morgan fingerprint density at radius 2 is 1.74 bits per heavy atom. The summed E-state index contributed by atoms with van der Waals surface area (Å²) < 4.78 is 5.95. The lowest BCUT2D eigenvalue weighted by atomic mass is 10.0. The molecule has 1 aliphatic rings. The van der Waals surface area contributed by atoms with Crippen LogP contribution in [0.15, 0.2) is 0 Å². The molecule has 1 saturated heterocycles. The largest absolute Gasteiger partial charge is 0.396 e. The number of aliphatic hydroxyl groups is 1. The predicted octanol–water partition coefficient (Wildman–Crippen LogP) is 3.57. The molecule has 4 heteroatoms. The van der Waals surface area contributed by atoms with Gasteiger partial charge in [0.25, 0.3) is 0 Å². The summed E-state index contributed by atoms with van der Waals surface area (Å²) in [7, 11) is 0. The quantitative estimate of drug-likeness (QED) is 0.543. The Kier molecular flexibility index (Phi) is 7.29. The average Bonchev–Trinajstić information content (AvgIpc) is 2.52. The molecule has 0 aromatic rings. The lowest BCUT2D eigenvalue weighted by Gasteiger charge is -2.31. The Bertz CT molecular complexity index is 242. The van der Waals surface area contributed by atoms with Crippen molar-refractivity contribution in [2.24, 2.45) is 0 Å². The molecule has 1 rings (SSSR count). The summed E-state index contributed by atoms with van der Waals surface area (Å²) in [6.07, 6.45) is 7.74. The van der Waals surface area contributed by atoms with Crippen molar-refractivity contribution in [2.75, 3.05) is 13.2 Å². The smallest absolute Gasteiger partial charge is 0.201 e. The molecule has 0 bridgehead atoms. The second-order valence-corrected chi connectivity index (χ2v) is 6.07. The fourth-order valence-corrected chi connectivity index (χ4v) is 2.26. The van der Waals surface area contributed by atoms with E-state index >= 15 is 0 Å². The van der Waals surface area contributed by atoms with Gasteiger partial charge in [-0.05, 0) is 26.7 Å². The van der Waals surface area contributed by atoms with Gasteiger partial charge in [-0.1, -0.05) is 26.2 Å². The van der Waals surface area contributed by atoms with Gasteiger partial charge in [-0.2, -0.15) is 0 Å². The molecule has 0 aromatic heterocycles. The molecule has 0 aromatic carbocycles. The fraction of sp³-hybridized carbons (Fsp3) is 1.00. The highest BCUT2D eigenvalue weighted by atomic mass is 17.2. The number of hydrogen-bond acceptors (Lipinski definition) is 4. The van der Waals surface area contributed by atoms with E-state index in [2.05, 4.69) is 6.92 Å². The molecule has 0 spiro atoms. The van der Waals surface area contributed by atoms with Gasteiger partial charge in [0.15, 0.2) is 0 Å². The van der Waals surface area contributed by atoms with Gasteiger partial charge in [-0.15, -0.1) is 0 Å². The van der Waals surface area contributed by atoms with Crippen LogP contribution in [0.4, 0.5) is 0 Å². The number of rotatable bonds is 8. The number of hydrogen-bond donors (Lipinski definition) is 1. The van der Waals surface area contributed by atoms with Crippen LogP contribution in [0.25, 0.3) is 0 Å². The first-order valence-corrected chi connectivity index (χ1v) is 7.65. The van der Waals surface area contributed by atoms with Gasteiger partial charge in [0.2, 0.25) is 5.79 Å². The zero-order valence-corrected chi connectivity index (χ0v) is 12.7. The fourth-order valence-electron chi connectivity index (χ4n) is 2.26. The topological polar surface area (TPSA) is 47.9 Å². The molecule has 114 valence electrons. The summed E-state index contributed by atoms with van der Waals surface area (Å²) >= 11 is 0. The normalized spacial score (nSPS) is 27.2. The first-order valence-electron chi connectivity index (χ1n) is 7.65. The van der Waals surface area contributed by atoms with Crippen LogP contribution in [-0.2, 0) is 14.5 Å². The van der Waals surface area contributed by atoms with Crippen molar-refractivity contribution < 1.29 is 19.6 Å². The van der Waals surface area contributed by atoms with E-state index in [4.69, 9.17) is 19.6 Å². The molecule has 19 heavy (non-hydrogen) atoms. The number of unbranched alkanes of at least 4 members (excludes halogenated alkanes) is 3. The third-order valence-electron chi connectivity index (χ3n) is 3.62. The van der Waals surface area contributed by atoms with E-state index in [1.165, 1.54) is 19.3 Å². The summed E-state index contributed by atoms with van der Waals surface area (Å²) in [4.78, 5) is 11.2. The lowest BCUT2D eigenvalue weighted by Crippen LogP contribution is -2.36. The highest BCUT2D eigenvalue weighted by molar-refractivity contribution is 4.75. The SMILES string of the molecule is CCCCCCC1(CCCO)OCCC(C)(C)OO1. The first-order chi connectivity index (χ1) is 9.04. The minimum Gasteiger partial charge on any atom is -0.396 e. The second kappa shape index (κ2) is 8.20. The molecule has 1 atom stereocenters. The zero-order valence-electron chi connectivity index (χ0n) is 12.7. The van der Waals surface area contributed by atoms with Gasteiger partial charge in [0.1, 0.15) is 5.60 Å². The Morgan fingerprint density at radius 3 is 2.42 bits per heavy atom. The van der Waals surface area contributed by atoms with Gasteiger partial charge in [-0.25, -0.2) is 9.78 Å². The van der Waals surface area contributed by atoms with E-state index in [1.807, 2.05) is 13.8 Å². The Labute approximate surface area is 117 Å². The van der Waals surface area contributed by atoms with Crippen molar-refractivity contribution >= 4 is 0 Å². The van der Waals surface area contributed by atoms with Gasteiger partial charge in [0.05, 0.1) is 6.61 Å². The van der Waals surface area contributed by atoms with Crippen molar-refractivity contribution in [1.29, 1.82) is 0 Å². The van der Waals surface area contributed by atoms with Gasteiger partial charge < -0.3 is 9.84 Å². The summed E-state index contributed by atoms with van der Waals surface area (Å²) in [5.74, 6) is -0.662. The van der Waals surface area contributed by atoms with E-state index in [9.17, 15) is 0 Å². The number of ether oxygens (including phenoxy) is 1. The second-order valence-electron chi connectivity index (χ2n) is 6.07. The summed E-state index contributed by atoms with van der Waals surface area (Å²) in [6, 6.07) is 0. The molecule has 0 aliphatic carbocycles. The maximum atomic E-state index is 9.04. The van der Waals surface area contributed by atoms with Crippen molar-refractivity contribution in [1.82, 2.24) is 0 Å². The summed E-state index contributed by atoms with van der Waals surface area (Å²) in [5, 5.41) is 9.04. The van der Waals surface area contributed by atoms with Crippen LogP contribution in [0, 0.1) is 0 Å². The Morgan fingerprint density at radius 1 is 1.00 bits per heavy atom. The minimum absolute atomic E-state index is 0.160. The number of aliphatic hydroxyl groups excluding tert-OH is 1. The van der Waals surface area contributed by atoms with Crippen LogP contribution in [0.5, 0.6) is 0 Å². The molecule has 0 amide bonds. The third-order valence-corrected chi connectivity index (χ3v) is 3.62. The summed E-state index contributed by atoms with van der Waals surface area (Å²) in [5.41, 5.74) is -0.301. The van der Waals surface area contributed by atoms with Crippen molar-refractivity contribution in [3.8, 4) is 0 Å². The minimum atomic E-state index is -0.662.